The Kier molecular flexibility index (Phi) is 4.18. The molecule has 4 rings (SSSR count). The van der Waals surface area contributed by atoms with Crippen LogP contribution in [0, 0.1) is 13.8 Å². The number of benzene rings is 1. The minimum atomic E-state index is -0.242. The lowest BCUT2D eigenvalue weighted by Crippen LogP contribution is -2.39. The number of carbonyl (C=O) groups excluding carboxylic acids is 1. The predicted octanol–water partition coefficient (Wildman–Crippen LogP) is 2.98. The van der Waals surface area contributed by atoms with Gasteiger partial charge in [-0.25, -0.2) is 9.50 Å². The van der Waals surface area contributed by atoms with Crippen molar-refractivity contribution in [3.8, 4) is 0 Å². The SMILES string of the molecule is Cc1cccc(C2(CNC(=O)c3nc4nccc(C)n4n3)CCCC2)c1. The van der Waals surface area contributed by atoms with Crippen molar-refractivity contribution in [1.29, 1.82) is 0 Å². The second-order valence-electron chi connectivity index (χ2n) is 7.27. The van der Waals surface area contributed by atoms with Crippen LogP contribution in [0.1, 0.15) is 53.1 Å². The first kappa shape index (κ1) is 16.7. The smallest absolute Gasteiger partial charge is 0.291 e. The maximum atomic E-state index is 12.6. The summed E-state index contributed by atoms with van der Waals surface area (Å²) >= 11 is 0. The van der Waals surface area contributed by atoms with Gasteiger partial charge in [0.2, 0.25) is 5.82 Å². The molecule has 6 heteroatoms. The zero-order valence-corrected chi connectivity index (χ0v) is 15.2. The van der Waals surface area contributed by atoms with Crippen LogP contribution in [0.2, 0.25) is 0 Å². The van der Waals surface area contributed by atoms with Crippen molar-refractivity contribution in [3.63, 3.8) is 0 Å². The van der Waals surface area contributed by atoms with Crippen molar-refractivity contribution in [2.24, 2.45) is 0 Å². The number of aromatic nitrogens is 4. The number of aryl methyl sites for hydroxylation is 2. The van der Waals surface area contributed by atoms with Gasteiger partial charge < -0.3 is 5.32 Å². The minimum Gasteiger partial charge on any atom is -0.348 e. The van der Waals surface area contributed by atoms with Gasteiger partial charge in [0.25, 0.3) is 11.7 Å². The minimum absolute atomic E-state index is 0.00893. The Hall–Kier alpha value is -2.76. The Morgan fingerprint density at radius 1 is 1.23 bits per heavy atom. The number of hydrogen-bond acceptors (Lipinski definition) is 4. The molecule has 0 radical (unpaired) electrons. The van der Waals surface area contributed by atoms with Crippen molar-refractivity contribution in [2.75, 3.05) is 6.54 Å². The van der Waals surface area contributed by atoms with Crippen molar-refractivity contribution in [3.05, 3.63) is 59.2 Å². The second-order valence-corrected chi connectivity index (χ2v) is 7.27. The summed E-state index contributed by atoms with van der Waals surface area (Å²) < 4.78 is 1.60. The molecule has 6 nitrogen and oxygen atoms in total. The summed E-state index contributed by atoms with van der Waals surface area (Å²) in [5.74, 6) is 0.377. The Balaban J connectivity index is 1.55. The van der Waals surface area contributed by atoms with Crippen molar-refractivity contribution < 1.29 is 4.79 Å². The van der Waals surface area contributed by atoms with E-state index in [2.05, 4.69) is 51.6 Å². The summed E-state index contributed by atoms with van der Waals surface area (Å²) in [5.41, 5.74) is 3.47. The number of fused-ring (bicyclic) bond motifs is 1. The molecule has 1 N–H and O–H groups in total. The van der Waals surface area contributed by atoms with Gasteiger partial charge in [-0.1, -0.05) is 42.7 Å². The lowest BCUT2D eigenvalue weighted by atomic mass is 9.78. The van der Waals surface area contributed by atoms with Gasteiger partial charge in [0, 0.05) is 23.9 Å². The average Bonchev–Trinajstić information content (AvgIpc) is 3.28. The van der Waals surface area contributed by atoms with Crippen LogP contribution in [0.5, 0.6) is 0 Å². The van der Waals surface area contributed by atoms with Gasteiger partial charge in [-0.15, -0.1) is 5.10 Å². The zero-order valence-electron chi connectivity index (χ0n) is 15.2. The van der Waals surface area contributed by atoms with E-state index in [1.165, 1.54) is 24.0 Å². The van der Waals surface area contributed by atoms with Crippen molar-refractivity contribution in [1.82, 2.24) is 24.9 Å². The molecule has 0 unspecified atom stereocenters. The first-order chi connectivity index (χ1) is 12.6. The quantitative estimate of drug-likeness (QED) is 0.786. The fourth-order valence-electron chi connectivity index (χ4n) is 3.93. The molecule has 0 aliphatic heterocycles. The van der Waals surface area contributed by atoms with Gasteiger partial charge in [-0.2, -0.15) is 4.98 Å². The molecule has 1 fully saturated rings. The predicted molar refractivity (Wildman–Crippen MR) is 99.2 cm³/mol. The Morgan fingerprint density at radius 2 is 2.04 bits per heavy atom. The van der Waals surface area contributed by atoms with E-state index in [1.807, 2.05) is 13.0 Å². The number of nitrogens with zero attached hydrogens (tertiary/aromatic N) is 4. The number of carbonyl (C=O) groups is 1. The van der Waals surface area contributed by atoms with Crippen LogP contribution in [-0.4, -0.2) is 32.0 Å². The summed E-state index contributed by atoms with van der Waals surface area (Å²) in [7, 11) is 0. The third kappa shape index (κ3) is 2.96. The molecule has 134 valence electrons. The molecule has 1 saturated carbocycles. The topological polar surface area (TPSA) is 72.2 Å². The molecule has 1 aromatic carbocycles. The van der Waals surface area contributed by atoms with Gasteiger partial charge in [0.1, 0.15) is 0 Å². The lowest BCUT2D eigenvalue weighted by Gasteiger charge is -2.30. The highest BCUT2D eigenvalue weighted by Gasteiger charge is 2.36. The van der Waals surface area contributed by atoms with Crippen LogP contribution in [0.25, 0.3) is 5.78 Å². The maximum Gasteiger partial charge on any atom is 0.291 e. The molecule has 1 aliphatic rings. The molecule has 0 saturated heterocycles. The monoisotopic (exact) mass is 349 g/mol. The molecule has 0 spiro atoms. The van der Waals surface area contributed by atoms with Gasteiger partial charge in [-0.3, -0.25) is 4.79 Å². The number of amides is 1. The van der Waals surface area contributed by atoms with Crippen LogP contribution in [-0.2, 0) is 5.41 Å². The Bertz CT molecular complexity index is 956. The van der Waals surface area contributed by atoms with Crippen LogP contribution in [0.3, 0.4) is 0 Å². The van der Waals surface area contributed by atoms with E-state index in [1.54, 1.807) is 10.7 Å². The molecule has 26 heavy (non-hydrogen) atoms. The average molecular weight is 349 g/mol. The first-order valence-electron chi connectivity index (χ1n) is 9.11. The normalized spacial score (nSPS) is 16.1. The van der Waals surface area contributed by atoms with E-state index in [4.69, 9.17) is 0 Å². The highest BCUT2D eigenvalue weighted by molar-refractivity contribution is 5.90. The van der Waals surface area contributed by atoms with Crippen molar-refractivity contribution in [2.45, 2.75) is 44.9 Å². The summed E-state index contributed by atoms with van der Waals surface area (Å²) in [6, 6.07) is 10.5. The van der Waals surface area contributed by atoms with E-state index < -0.39 is 0 Å². The summed E-state index contributed by atoms with van der Waals surface area (Å²) in [5, 5.41) is 7.37. The second kappa shape index (κ2) is 6.52. The van der Waals surface area contributed by atoms with Crippen molar-refractivity contribution >= 4 is 11.7 Å². The number of rotatable bonds is 4. The highest BCUT2D eigenvalue weighted by atomic mass is 16.2. The summed E-state index contributed by atoms with van der Waals surface area (Å²) in [4.78, 5) is 21.1. The molecule has 1 aliphatic carbocycles. The van der Waals surface area contributed by atoms with Gasteiger partial charge >= 0.3 is 0 Å². The molecular weight excluding hydrogens is 326 g/mol. The van der Waals surface area contributed by atoms with E-state index in [0.717, 1.165) is 18.5 Å². The van der Waals surface area contributed by atoms with Crippen LogP contribution < -0.4 is 5.32 Å². The highest BCUT2D eigenvalue weighted by Crippen LogP contribution is 2.40. The number of nitrogens with one attached hydrogen (secondary N) is 1. The fraction of sp³-hybridized carbons (Fsp3) is 0.400. The molecule has 3 aromatic rings. The number of hydrogen-bond donors (Lipinski definition) is 1. The van der Waals surface area contributed by atoms with Gasteiger partial charge in [0.05, 0.1) is 0 Å². The Morgan fingerprint density at radius 3 is 2.77 bits per heavy atom. The maximum absolute atomic E-state index is 12.6. The van der Waals surface area contributed by atoms with E-state index in [0.29, 0.717) is 12.3 Å². The lowest BCUT2D eigenvalue weighted by molar-refractivity contribution is 0.0933. The summed E-state index contributed by atoms with van der Waals surface area (Å²) in [6.45, 7) is 4.63. The molecule has 2 heterocycles. The molecule has 1 amide bonds. The molecular formula is C20H23N5O. The first-order valence-corrected chi connectivity index (χ1v) is 9.11. The standard InChI is InChI=1S/C20H23N5O/c1-14-6-5-7-16(12-14)20(9-3-4-10-20)13-22-18(26)17-23-19-21-11-8-15(2)25(19)24-17/h5-8,11-12H,3-4,9-10,13H2,1-2H3,(H,22,26). The third-order valence-electron chi connectivity index (χ3n) is 5.41. The van der Waals surface area contributed by atoms with Crippen LogP contribution >= 0.6 is 0 Å². The van der Waals surface area contributed by atoms with Gasteiger partial charge in [0.15, 0.2) is 0 Å². The van der Waals surface area contributed by atoms with E-state index >= 15 is 0 Å². The third-order valence-corrected chi connectivity index (χ3v) is 5.41. The van der Waals surface area contributed by atoms with E-state index in [-0.39, 0.29) is 17.1 Å². The molecule has 2 aromatic heterocycles. The zero-order chi connectivity index (χ0) is 18.1. The fourth-order valence-corrected chi connectivity index (χ4v) is 3.93. The van der Waals surface area contributed by atoms with Crippen LogP contribution in [0.4, 0.5) is 0 Å². The Labute approximate surface area is 152 Å². The van der Waals surface area contributed by atoms with Gasteiger partial charge in [-0.05, 0) is 38.3 Å². The molecule has 0 bridgehead atoms. The largest absolute Gasteiger partial charge is 0.348 e. The van der Waals surface area contributed by atoms with Crippen LogP contribution in [0.15, 0.2) is 36.5 Å². The molecule has 0 atom stereocenters. The van der Waals surface area contributed by atoms with E-state index in [9.17, 15) is 4.79 Å². The summed E-state index contributed by atoms with van der Waals surface area (Å²) in [6.07, 6.45) is 6.25.